The Morgan fingerprint density at radius 1 is 1.05 bits per heavy atom. The van der Waals surface area contributed by atoms with E-state index in [1.54, 1.807) is 4.90 Å². The van der Waals surface area contributed by atoms with Gasteiger partial charge >= 0.3 is 0 Å². The number of halogens is 3. The van der Waals surface area contributed by atoms with Gasteiger partial charge in [0.25, 0.3) is 5.91 Å². The molecule has 2 N–H and O–H groups in total. The molecule has 4 heterocycles. The van der Waals surface area contributed by atoms with Gasteiger partial charge in [-0.2, -0.15) is 0 Å². The lowest BCUT2D eigenvalue weighted by Crippen LogP contribution is -2.50. The predicted octanol–water partition coefficient (Wildman–Crippen LogP) is 6.12. The summed E-state index contributed by atoms with van der Waals surface area (Å²) in [6.07, 6.45) is -0.0174. The third kappa shape index (κ3) is 5.16. The number of amidine groups is 1. The summed E-state index contributed by atoms with van der Waals surface area (Å²) in [5, 5.41) is 2.03. The van der Waals surface area contributed by atoms with Crippen molar-refractivity contribution >= 4 is 51.9 Å². The van der Waals surface area contributed by atoms with E-state index in [1.807, 2.05) is 55.5 Å². The molecular weight excluding hydrogens is 608 g/mol. The molecule has 4 aliphatic heterocycles. The second-order valence-electron chi connectivity index (χ2n) is 12.4. The highest BCUT2D eigenvalue weighted by Crippen LogP contribution is 2.56. The van der Waals surface area contributed by atoms with Crippen LogP contribution in [-0.2, 0) is 15.1 Å². The Morgan fingerprint density at radius 2 is 1.67 bits per heavy atom. The Morgan fingerprint density at radius 3 is 2.26 bits per heavy atom. The lowest BCUT2D eigenvalue weighted by molar-refractivity contribution is -0.142. The highest BCUT2D eigenvalue weighted by molar-refractivity contribution is 8.18. The van der Waals surface area contributed by atoms with Gasteiger partial charge < -0.3 is 20.4 Å². The maximum Gasteiger partial charge on any atom is 0.263 e. The molecule has 0 bridgehead atoms. The highest BCUT2D eigenvalue weighted by Gasteiger charge is 2.54. The number of benzene rings is 2. The van der Waals surface area contributed by atoms with E-state index in [0.717, 1.165) is 22.0 Å². The molecule has 0 radical (unpaired) electrons. The van der Waals surface area contributed by atoms with Crippen LogP contribution in [0.25, 0.3) is 0 Å². The number of likely N-dealkylation sites (tertiary alicyclic amines) is 2. The molecular formula is C32H36Cl2FN5O2S. The molecule has 6 atom stereocenters. The first kappa shape index (κ1) is 30.4. The van der Waals surface area contributed by atoms with Crippen LogP contribution in [0.15, 0.2) is 64.1 Å². The van der Waals surface area contributed by atoms with Gasteiger partial charge in [-0.1, -0.05) is 61.3 Å². The number of alkyl halides is 1. The van der Waals surface area contributed by atoms with Crippen molar-refractivity contribution in [2.45, 2.75) is 76.4 Å². The molecule has 0 unspecified atom stereocenters. The van der Waals surface area contributed by atoms with Crippen LogP contribution in [0, 0.1) is 5.92 Å². The molecule has 2 aromatic rings. The van der Waals surface area contributed by atoms with Gasteiger partial charge in [-0.15, -0.1) is 0 Å². The number of amides is 2. The van der Waals surface area contributed by atoms with Crippen LogP contribution < -0.4 is 5.73 Å². The topological polar surface area (TPSA) is 82.2 Å². The van der Waals surface area contributed by atoms with Gasteiger partial charge in [0, 0.05) is 28.3 Å². The van der Waals surface area contributed by atoms with E-state index in [1.165, 1.54) is 16.7 Å². The Balaban J connectivity index is 1.40. The van der Waals surface area contributed by atoms with Crippen molar-refractivity contribution in [2.75, 3.05) is 13.1 Å². The average Bonchev–Trinajstić information content (AvgIpc) is 3.70. The van der Waals surface area contributed by atoms with Gasteiger partial charge in [0.2, 0.25) is 5.91 Å². The van der Waals surface area contributed by atoms with Crippen LogP contribution >= 0.6 is 35.0 Å². The lowest BCUT2D eigenvalue weighted by Gasteiger charge is -2.37. The van der Waals surface area contributed by atoms with Crippen molar-refractivity contribution in [3.63, 3.8) is 0 Å². The average molecular weight is 645 g/mol. The van der Waals surface area contributed by atoms with Crippen molar-refractivity contribution in [1.82, 2.24) is 14.7 Å². The molecule has 4 aliphatic rings. The molecule has 2 aromatic carbocycles. The Kier molecular flexibility index (Phi) is 8.07. The molecule has 7 nitrogen and oxygen atoms in total. The normalized spacial score (nSPS) is 30.5. The molecule has 43 heavy (non-hydrogen) atoms. The van der Waals surface area contributed by atoms with Crippen molar-refractivity contribution in [3.05, 3.63) is 80.3 Å². The molecule has 2 saturated heterocycles. The van der Waals surface area contributed by atoms with Gasteiger partial charge in [-0.05, 0) is 79.8 Å². The molecule has 2 amide bonds. The first-order valence-electron chi connectivity index (χ1n) is 14.7. The minimum atomic E-state index is -1.25. The number of allylic oxidation sites excluding steroid dienone is 1. The van der Waals surface area contributed by atoms with E-state index in [4.69, 9.17) is 33.9 Å². The zero-order valence-electron chi connectivity index (χ0n) is 24.6. The van der Waals surface area contributed by atoms with Gasteiger partial charge in [-0.3, -0.25) is 9.59 Å². The quantitative estimate of drug-likeness (QED) is 0.424. The van der Waals surface area contributed by atoms with Crippen LogP contribution in [0.1, 0.15) is 57.7 Å². The summed E-state index contributed by atoms with van der Waals surface area (Å²) in [5.74, 6) is -0.426. The van der Waals surface area contributed by atoms with Gasteiger partial charge in [0.05, 0.1) is 18.6 Å². The van der Waals surface area contributed by atoms with Crippen LogP contribution in [0.4, 0.5) is 4.39 Å². The number of carbonyl (C=O) groups is 2. The number of nitrogens with two attached hydrogens (primary N) is 1. The number of aliphatic imine (C=N–C) groups is 1. The molecule has 228 valence electrons. The van der Waals surface area contributed by atoms with Crippen molar-refractivity contribution in [3.8, 4) is 0 Å². The SMILES string of the molecule is CC(C)C1=C(C(=O)N2[C@H](C)CC[C@H]2C(=O)N2C[C@@H](N)[C@H](F)C2)SC2=N[C@@](C)(c3ccc(Cl)cc3)[C@@H](c3ccc(Cl)cc3)N21. The van der Waals surface area contributed by atoms with E-state index in [9.17, 15) is 14.0 Å². The standard InChI is InChI=1S/C32H36Cl2FN5O2S/c1-17(2)26-27(30(42)39-18(3)5-14-25(39)29(41)38-15-23(35)24(36)16-38)43-31-37-32(4,20-8-12-22(34)13-9-20)28(40(26)31)19-6-10-21(33)11-7-19/h6-13,17-18,23-25,28H,5,14-16,36H2,1-4H3/t18-,23-,24-,25+,28-,32+/m1/s1. The van der Waals surface area contributed by atoms with Gasteiger partial charge in [0.15, 0.2) is 5.17 Å². The molecule has 2 fully saturated rings. The van der Waals surface area contributed by atoms with Crippen LogP contribution in [0.2, 0.25) is 10.0 Å². The fourth-order valence-electron chi connectivity index (χ4n) is 6.93. The predicted molar refractivity (Wildman–Crippen MR) is 171 cm³/mol. The summed E-state index contributed by atoms with van der Waals surface area (Å²) in [4.78, 5) is 39.3. The number of nitrogens with zero attached hydrogens (tertiary/aromatic N) is 4. The monoisotopic (exact) mass is 643 g/mol. The second-order valence-corrected chi connectivity index (χ2v) is 14.3. The number of hydrogen-bond donors (Lipinski definition) is 1. The lowest BCUT2D eigenvalue weighted by atomic mass is 9.81. The summed E-state index contributed by atoms with van der Waals surface area (Å²) in [5.41, 5.74) is 8.10. The number of hydrogen-bond acceptors (Lipinski definition) is 6. The first-order chi connectivity index (χ1) is 20.4. The maximum atomic E-state index is 14.5. The minimum absolute atomic E-state index is 0.0162. The number of thioether (sulfide) groups is 1. The number of fused-ring (bicyclic) bond motifs is 1. The maximum absolute atomic E-state index is 14.5. The van der Waals surface area contributed by atoms with Crippen LogP contribution in [-0.4, -0.2) is 69.1 Å². The fourth-order valence-corrected chi connectivity index (χ4v) is 8.53. The largest absolute Gasteiger partial charge is 0.336 e. The van der Waals surface area contributed by atoms with E-state index >= 15 is 0 Å². The minimum Gasteiger partial charge on any atom is -0.336 e. The summed E-state index contributed by atoms with van der Waals surface area (Å²) < 4.78 is 14.2. The highest BCUT2D eigenvalue weighted by atomic mass is 35.5. The smallest absolute Gasteiger partial charge is 0.263 e. The summed E-state index contributed by atoms with van der Waals surface area (Å²) in [7, 11) is 0. The summed E-state index contributed by atoms with van der Waals surface area (Å²) in [6.45, 7) is 8.37. The Hall–Kier alpha value is -2.59. The van der Waals surface area contributed by atoms with Crippen molar-refractivity contribution in [1.29, 1.82) is 0 Å². The van der Waals surface area contributed by atoms with E-state index in [0.29, 0.717) is 27.8 Å². The first-order valence-corrected chi connectivity index (χ1v) is 16.3. The van der Waals surface area contributed by atoms with Crippen LogP contribution in [0.3, 0.4) is 0 Å². The second kappa shape index (κ2) is 11.4. The van der Waals surface area contributed by atoms with Crippen molar-refractivity contribution in [2.24, 2.45) is 16.6 Å². The van der Waals surface area contributed by atoms with Crippen LogP contribution in [0.5, 0.6) is 0 Å². The molecule has 0 spiro atoms. The molecule has 11 heteroatoms. The van der Waals surface area contributed by atoms with Gasteiger partial charge in [-0.25, -0.2) is 9.38 Å². The number of carbonyl (C=O) groups excluding carboxylic acids is 2. The zero-order valence-corrected chi connectivity index (χ0v) is 27.0. The number of rotatable bonds is 5. The fraction of sp³-hybridized carbons (Fsp3) is 0.469. The molecule has 0 saturated carbocycles. The Labute approximate surface area is 266 Å². The van der Waals surface area contributed by atoms with E-state index < -0.39 is 23.8 Å². The van der Waals surface area contributed by atoms with E-state index in [-0.39, 0.29) is 42.9 Å². The molecule has 0 aromatic heterocycles. The van der Waals surface area contributed by atoms with E-state index in [2.05, 4.69) is 25.7 Å². The Bertz CT molecular complexity index is 1490. The zero-order chi connectivity index (χ0) is 30.8. The third-order valence-corrected chi connectivity index (χ3v) is 10.7. The summed E-state index contributed by atoms with van der Waals surface area (Å²) in [6, 6.07) is 13.8. The summed E-state index contributed by atoms with van der Waals surface area (Å²) >= 11 is 13.9. The van der Waals surface area contributed by atoms with Gasteiger partial charge in [0.1, 0.15) is 22.7 Å². The molecule has 6 rings (SSSR count). The van der Waals surface area contributed by atoms with Crippen molar-refractivity contribution < 1.29 is 14.0 Å². The molecule has 0 aliphatic carbocycles. The third-order valence-electron chi connectivity index (χ3n) is 9.16.